The van der Waals surface area contributed by atoms with Gasteiger partial charge in [-0.1, -0.05) is 6.07 Å². The number of hydrogen-bond acceptors (Lipinski definition) is 1. The van der Waals surface area contributed by atoms with Gasteiger partial charge >= 0.3 is 0 Å². The number of benzene rings is 1. The van der Waals surface area contributed by atoms with Crippen LogP contribution in [0.1, 0.15) is 11.1 Å². The fourth-order valence-electron chi connectivity index (χ4n) is 0.960. The third kappa shape index (κ3) is 2.52. The minimum Gasteiger partial charge on any atom is -0.250 e. The van der Waals surface area contributed by atoms with Crippen molar-refractivity contribution in [3.63, 3.8) is 0 Å². The molecule has 1 aromatic carbocycles. The maximum Gasteiger partial charge on any atom is 0.0988 e. The van der Waals surface area contributed by atoms with Crippen molar-refractivity contribution in [2.45, 2.75) is 18.7 Å². The van der Waals surface area contributed by atoms with Crippen LogP contribution >= 0.6 is 11.8 Å². The van der Waals surface area contributed by atoms with Crippen LogP contribution in [-0.2, 0) is 0 Å². The Morgan fingerprint density at radius 3 is 2.58 bits per heavy atom. The van der Waals surface area contributed by atoms with E-state index in [4.69, 9.17) is 0 Å². The minimum absolute atomic E-state index is 0.252. The van der Waals surface area contributed by atoms with Gasteiger partial charge < -0.3 is 0 Å². The standard InChI is InChI=1S/C10H13FS/c1-8-3-4-10(7-9(8)2)12-6-5-11/h3-4,7H,5-6H2,1-2H3. The molecule has 0 atom stereocenters. The molecule has 0 N–H and O–H groups in total. The Morgan fingerprint density at radius 1 is 1.25 bits per heavy atom. The van der Waals surface area contributed by atoms with E-state index in [0.717, 1.165) is 4.90 Å². The van der Waals surface area contributed by atoms with Crippen molar-refractivity contribution in [1.82, 2.24) is 0 Å². The highest BCUT2D eigenvalue weighted by atomic mass is 32.2. The van der Waals surface area contributed by atoms with Crippen LogP contribution < -0.4 is 0 Å². The largest absolute Gasteiger partial charge is 0.250 e. The quantitative estimate of drug-likeness (QED) is 0.649. The van der Waals surface area contributed by atoms with Crippen LogP contribution in [0.15, 0.2) is 23.1 Å². The monoisotopic (exact) mass is 184 g/mol. The first-order valence-corrected chi connectivity index (χ1v) is 4.98. The molecule has 0 amide bonds. The topological polar surface area (TPSA) is 0 Å². The summed E-state index contributed by atoms with van der Waals surface area (Å²) in [7, 11) is 0. The van der Waals surface area contributed by atoms with Gasteiger partial charge in [0.05, 0.1) is 6.67 Å². The summed E-state index contributed by atoms with van der Waals surface area (Å²) in [6.45, 7) is 3.91. The number of rotatable bonds is 3. The molecule has 0 saturated heterocycles. The second-order valence-corrected chi connectivity index (χ2v) is 3.95. The number of alkyl halides is 1. The molecule has 0 aliphatic heterocycles. The van der Waals surface area contributed by atoms with E-state index < -0.39 is 0 Å². The lowest BCUT2D eigenvalue weighted by Gasteiger charge is -2.02. The molecule has 0 fully saturated rings. The van der Waals surface area contributed by atoms with Crippen molar-refractivity contribution in [2.24, 2.45) is 0 Å². The summed E-state index contributed by atoms with van der Waals surface area (Å²) >= 11 is 1.57. The SMILES string of the molecule is Cc1ccc(SCCF)cc1C. The van der Waals surface area contributed by atoms with Crippen molar-refractivity contribution in [3.05, 3.63) is 29.3 Å². The Bertz CT molecular complexity index is 258. The molecule has 1 rings (SSSR count). The first kappa shape index (κ1) is 9.59. The molecule has 0 spiro atoms. The van der Waals surface area contributed by atoms with Crippen LogP contribution in [0.3, 0.4) is 0 Å². The first-order chi connectivity index (χ1) is 5.74. The molecule has 0 heterocycles. The summed E-state index contributed by atoms with van der Waals surface area (Å²) in [5, 5.41) is 0. The van der Waals surface area contributed by atoms with E-state index in [1.165, 1.54) is 11.1 Å². The maximum atomic E-state index is 11.8. The van der Waals surface area contributed by atoms with E-state index in [9.17, 15) is 4.39 Å². The summed E-state index contributed by atoms with van der Waals surface area (Å²) in [5.74, 6) is 0.558. The molecule has 0 aliphatic rings. The zero-order chi connectivity index (χ0) is 8.97. The number of hydrogen-bond donors (Lipinski definition) is 0. The summed E-state index contributed by atoms with van der Waals surface area (Å²) in [4.78, 5) is 1.16. The fraction of sp³-hybridized carbons (Fsp3) is 0.400. The third-order valence-electron chi connectivity index (χ3n) is 1.82. The van der Waals surface area contributed by atoms with Gasteiger partial charge in [-0.25, -0.2) is 0 Å². The van der Waals surface area contributed by atoms with Gasteiger partial charge in [-0.15, -0.1) is 11.8 Å². The number of thioether (sulfide) groups is 1. The van der Waals surface area contributed by atoms with Gasteiger partial charge in [0.25, 0.3) is 0 Å². The summed E-state index contributed by atoms with van der Waals surface area (Å²) in [6.07, 6.45) is 0. The van der Waals surface area contributed by atoms with Crippen LogP contribution in [0.25, 0.3) is 0 Å². The highest BCUT2D eigenvalue weighted by Gasteiger charge is 1.96. The third-order valence-corrected chi connectivity index (χ3v) is 2.77. The average Bonchev–Trinajstić information content (AvgIpc) is 2.07. The second kappa shape index (κ2) is 4.51. The maximum absolute atomic E-state index is 11.8. The number of halogens is 1. The summed E-state index contributed by atoms with van der Waals surface area (Å²) < 4.78 is 11.8. The predicted molar refractivity (Wildman–Crippen MR) is 52.6 cm³/mol. The lowest BCUT2D eigenvalue weighted by atomic mass is 10.1. The molecule has 1 aromatic rings. The van der Waals surface area contributed by atoms with Gasteiger partial charge in [0, 0.05) is 10.6 Å². The van der Waals surface area contributed by atoms with Crippen molar-refractivity contribution in [3.8, 4) is 0 Å². The van der Waals surface area contributed by atoms with Gasteiger partial charge in [-0.2, -0.15) is 0 Å². The van der Waals surface area contributed by atoms with Gasteiger partial charge in [-0.3, -0.25) is 4.39 Å². The Balaban J connectivity index is 2.69. The lowest BCUT2D eigenvalue weighted by molar-refractivity contribution is 0.533. The zero-order valence-electron chi connectivity index (χ0n) is 7.43. The fourth-order valence-corrected chi connectivity index (χ4v) is 1.70. The summed E-state index contributed by atoms with van der Waals surface area (Å²) in [6, 6.07) is 6.23. The van der Waals surface area contributed by atoms with Crippen LogP contribution in [0.5, 0.6) is 0 Å². The van der Waals surface area contributed by atoms with E-state index in [0.29, 0.717) is 5.75 Å². The van der Waals surface area contributed by atoms with Gasteiger partial charge in [-0.05, 0) is 37.1 Å². The molecule has 0 nitrogen and oxygen atoms in total. The van der Waals surface area contributed by atoms with Crippen molar-refractivity contribution >= 4 is 11.8 Å². The first-order valence-electron chi connectivity index (χ1n) is 4.00. The normalized spacial score (nSPS) is 10.2. The van der Waals surface area contributed by atoms with Gasteiger partial charge in [0.1, 0.15) is 0 Å². The van der Waals surface area contributed by atoms with Gasteiger partial charge in [0.2, 0.25) is 0 Å². The molecule has 2 heteroatoms. The van der Waals surface area contributed by atoms with Crippen molar-refractivity contribution in [1.29, 1.82) is 0 Å². The molecule has 0 aromatic heterocycles. The zero-order valence-corrected chi connectivity index (χ0v) is 8.25. The molecular formula is C10H13FS. The van der Waals surface area contributed by atoms with Crippen LogP contribution in [0.2, 0.25) is 0 Å². The van der Waals surface area contributed by atoms with Crippen molar-refractivity contribution < 1.29 is 4.39 Å². The Labute approximate surface area is 77.2 Å². The van der Waals surface area contributed by atoms with E-state index in [2.05, 4.69) is 26.0 Å². The molecule has 0 aliphatic carbocycles. The van der Waals surface area contributed by atoms with E-state index >= 15 is 0 Å². The molecule has 0 radical (unpaired) electrons. The molecular weight excluding hydrogens is 171 g/mol. The highest BCUT2D eigenvalue weighted by Crippen LogP contribution is 2.20. The molecule has 0 bridgehead atoms. The smallest absolute Gasteiger partial charge is 0.0988 e. The Kier molecular flexibility index (Phi) is 3.60. The van der Waals surface area contributed by atoms with E-state index in [-0.39, 0.29) is 6.67 Å². The van der Waals surface area contributed by atoms with Crippen LogP contribution in [0.4, 0.5) is 4.39 Å². The second-order valence-electron chi connectivity index (χ2n) is 2.78. The lowest BCUT2D eigenvalue weighted by Crippen LogP contribution is -1.83. The number of aryl methyl sites for hydroxylation is 2. The van der Waals surface area contributed by atoms with Crippen molar-refractivity contribution in [2.75, 3.05) is 12.4 Å². The van der Waals surface area contributed by atoms with Crippen LogP contribution in [0, 0.1) is 13.8 Å². The predicted octanol–water partition coefficient (Wildman–Crippen LogP) is 3.37. The Morgan fingerprint density at radius 2 is 2.00 bits per heavy atom. The highest BCUT2D eigenvalue weighted by molar-refractivity contribution is 7.99. The van der Waals surface area contributed by atoms with E-state index in [1.807, 2.05) is 6.07 Å². The Hall–Kier alpha value is -0.500. The van der Waals surface area contributed by atoms with Crippen LogP contribution in [-0.4, -0.2) is 12.4 Å². The molecule has 66 valence electrons. The average molecular weight is 184 g/mol. The van der Waals surface area contributed by atoms with Gasteiger partial charge in [0.15, 0.2) is 0 Å². The molecule has 12 heavy (non-hydrogen) atoms. The minimum atomic E-state index is -0.252. The van der Waals surface area contributed by atoms with E-state index in [1.54, 1.807) is 11.8 Å². The molecule has 0 saturated carbocycles. The summed E-state index contributed by atoms with van der Waals surface area (Å²) in [5.41, 5.74) is 2.57. The molecule has 0 unspecified atom stereocenters.